The highest BCUT2D eigenvalue weighted by molar-refractivity contribution is 4.78. The van der Waals surface area contributed by atoms with Gasteiger partial charge in [0.2, 0.25) is 0 Å². The molecule has 0 aliphatic carbocycles. The number of morpholine rings is 1. The lowest BCUT2D eigenvalue weighted by Gasteiger charge is -2.35. The lowest BCUT2D eigenvalue weighted by molar-refractivity contribution is -0.0135. The summed E-state index contributed by atoms with van der Waals surface area (Å²) >= 11 is 0. The summed E-state index contributed by atoms with van der Waals surface area (Å²) in [5.41, 5.74) is 0. The first kappa shape index (κ1) is 12.3. The van der Waals surface area contributed by atoms with Crippen molar-refractivity contribution in [2.45, 2.75) is 31.4 Å². The van der Waals surface area contributed by atoms with E-state index in [4.69, 9.17) is 9.47 Å². The topological polar surface area (TPSA) is 33.7 Å². The van der Waals surface area contributed by atoms with Gasteiger partial charge in [-0.05, 0) is 26.3 Å². The van der Waals surface area contributed by atoms with Crippen molar-refractivity contribution < 1.29 is 9.47 Å². The number of rotatable bonds is 5. The molecule has 4 heteroatoms. The fourth-order valence-electron chi connectivity index (χ4n) is 2.59. The number of hydrogen-bond donors (Lipinski definition) is 1. The van der Waals surface area contributed by atoms with Gasteiger partial charge in [0.15, 0.2) is 0 Å². The molecule has 2 unspecified atom stereocenters. The Morgan fingerprint density at radius 1 is 1.38 bits per heavy atom. The molecule has 0 bridgehead atoms. The summed E-state index contributed by atoms with van der Waals surface area (Å²) < 4.78 is 11.2. The molecule has 2 aliphatic heterocycles. The quantitative estimate of drug-likeness (QED) is 0.742. The molecule has 2 aliphatic rings. The lowest BCUT2D eigenvalue weighted by atomic mass is 10.1. The smallest absolute Gasteiger partial charge is 0.0634 e. The predicted octanol–water partition coefficient (Wildman–Crippen LogP) is 0.476. The van der Waals surface area contributed by atoms with Crippen molar-refractivity contribution in [3.05, 3.63) is 0 Å². The van der Waals surface area contributed by atoms with E-state index in [1.165, 1.54) is 19.3 Å². The molecular formula is C12H24N2O2. The van der Waals surface area contributed by atoms with Crippen molar-refractivity contribution in [3.8, 4) is 0 Å². The minimum Gasteiger partial charge on any atom is -0.378 e. The fourth-order valence-corrected chi connectivity index (χ4v) is 2.59. The summed E-state index contributed by atoms with van der Waals surface area (Å²) in [5.74, 6) is 0. The molecule has 4 nitrogen and oxygen atoms in total. The maximum Gasteiger partial charge on any atom is 0.0634 e. The third-order valence-electron chi connectivity index (χ3n) is 3.55. The molecule has 0 radical (unpaired) electrons. The molecule has 16 heavy (non-hydrogen) atoms. The number of nitrogens with one attached hydrogen (secondary N) is 1. The zero-order valence-corrected chi connectivity index (χ0v) is 10.3. The van der Waals surface area contributed by atoms with E-state index in [-0.39, 0.29) is 0 Å². The molecule has 0 aromatic rings. The molecule has 1 N–H and O–H groups in total. The summed E-state index contributed by atoms with van der Waals surface area (Å²) in [6.07, 6.45) is 4.19. The third kappa shape index (κ3) is 3.42. The monoisotopic (exact) mass is 228 g/mol. The van der Waals surface area contributed by atoms with E-state index < -0.39 is 0 Å². The Labute approximate surface area is 98.3 Å². The Kier molecular flexibility index (Phi) is 5.03. The van der Waals surface area contributed by atoms with Gasteiger partial charge in [0.1, 0.15) is 0 Å². The van der Waals surface area contributed by atoms with Crippen LogP contribution in [0, 0.1) is 0 Å². The van der Waals surface area contributed by atoms with E-state index in [1.54, 1.807) is 0 Å². The van der Waals surface area contributed by atoms with Crippen LogP contribution in [-0.2, 0) is 9.47 Å². The number of hydrogen-bond acceptors (Lipinski definition) is 4. The van der Waals surface area contributed by atoms with Crippen molar-refractivity contribution in [2.24, 2.45) is 0 Å². The molecule has 0 aromatic heterocycles. The second-order valence-electron chi connectivity index (χ2n) is 4.75. The van der Waals surface area contributed by atoms with Crippen molar-refractivity contribution in [2.75, 3.05) is 46.5 Å². The Bertz CT molecular complexity index is 193. The molecule has 2 saturated heterocycles. The van der Waals surface area contributed by atoms with E-state index >= 15 is 0 Å². The highest BCUT2D eigenvalue weighted by atomic mass is 16.5. The first-order valence-corrected chi connectivity index (χ1v) is 6.48. The van der Waals surface area contributed by atoms with Crippen LogP contribution in [0.1, 0.15) is 19.3 Å². The van der Waals surface area contributed by atoms with Gasteiger partial charge in [-0.25, -0.2) is 0 Å². The first-order valence-electron chi connectivity index (χ1n) is 6.48. The molecule has 2 heterocycles. The maximum atomic E-state index is 5.67. The first-order chi connectivity index (χ1) is 7.90. The van der Waals surface area contributed by atoms with Crippen LogP contribution in [0.15, 0.2) is 0 Å². The zero-order valence-electron chi connectivity index (χ0n) is 10.3. The van der Waals surface area contributed by atoms with E-state index in [0.29, 0.717) is 12.1 Å². The average Bonchev–Trinajstić information content (AvgIpc) is 2.81. The van der Waals surface area contributed by atoms with Gasteiger partial charge in [-0.1, -0.05) is 0 Å². The highest BCUT2D eigenvalue weighted by Crippen LogP contribution is 2.17. The Morgan fingerprint density at radius 2 is 2.31 bits per heavy atom. The molecule has 0 aromatic carbocycles. The van der Waals surface area contributed by atoms with E-state index in [0.717, 1.165) is 39.5 Å². The minimum atomic E-state index is 0.512. The van der Waals surface area contributed by atoms with Crippen molar-refractivity contribution in [3.63, 3.8) is 0 Å². The van der Waals surface area contributed by atoms with Gasteiger partial charge in [0.25, 0.3) is 0 Å². The summed E-state index contributed by atoms with van der Waals surface area (Å²) in [5, 5.41) is 3.24. The molecule has 0 saturated carbocycles. The van der Waals surface area contributed by atoms with Crippen molar-refractivity contribution in [1.29, 1.82) is 0 Å². The largest absolute Gasteiger partial charge is 0.378 e. The maximum absolute atomic E-state index is 5.67. The molecule has 2 atom stereocenters. The van der Waals surface area contributed by atoms with Crippen molar-refractivity contribution in [1.82, 2.24) is 10.2 Å². The van der Waals surface area contributed by atoms with Crippen LogP contribution in [0.25, 0.3) is 0 Å². The number of ether oxygens (including phenoxy) is 2. The standard InChI is InChI=1S/C12H24N2O2/c1-13-9-11-10-15-8-6-14(11)5-4-12-3-2-7-16-12/h11-13H,2-10H2,1H3. The van der Waals surface area contributed by atoms with E-state index in [9.17, 15) is 0 Å². The molecule has 2 rings (SSSR count). The Balaban J connectivity index is 1.72. The van der Waals surface area contributed by atoms with Gasteiger partial charge in [0.05, 0.1) is 19.3 Å². The third-order valence-corrected chi connectivity index (χ3v) is 3.55. The fraction of sp³-hybridized carbons (Fsp3) is 1.00. The lowest BCUT2D eigenvalue weighted by Crippen LogP contribution is -2.50. The number of nitrogens with zero attached hydrogens (tertiary/aromatic N) is 1. The van der Waals surface area contributed by atoms with Gasteiger partial charge in [-0.2, -0.15) is 0 Å². The summed E-state index contributed by atoms with van der Waals surface area (Å²) in [7, 11) is 2.01. The second-order valence-corrected chi connectivity index (χ2v) is 4.75. The van der Waals surface area contributed by atoms with Crippen LogP contribution in [0.5, 0.6) is 0 Å². The van der Waals surface area contributed by atoms with Gasteiger partial charge in [-0.15, -0.1) is 0 Å². The van der Waals surface area contributed by atoms with Crippen molar-refractivity contribution >= 4 is 0 Å². The van der Waals surface area contributed by atoms with Gasteiger partial charge >= 0.3 is 0 Å². The van der Waals surface area contributed by atoms with Crippen LogP contribution < -0.4 is 5.32 Å². The Hall–Kier alpha value is -0.160. The minimum absolute atomic E-state index is 0.512. The van der Waals surface area contributed by atoms with Crippen LogP contribution in [0.4, 0.5) is 0 Å². The second kappa shape index (κ2) is 6.55. The highest BCUT2D eigenvalue weighted by Gasteiger charge is 2.24. The average molecular weight is 228 g/mol. The van der Waals surface area contributed by atoms with Crippen LogP contribution in [0.2, 0.25) is 0 Å². The van der Waals surface area contributed by atoms with Crippen LogP contribution >= 0.6 is 0 Å². The van der Waals surface area contributed by atoms with Gasteiger partial charge in [-0.3, -0.25) is 4.90 Å². The van der Waals surface area contributed by atoms with Crippen LogP contribution in [0.3, 0.4) is 0 Å². The SMILES string of the molecule is CNCC1COCCN1CCC1CCCO1. The molecule has 2 fully saturated rings. The molecule has 0 spiro atoms. The summed E-state index contributed by atoms with van der Waals surface area (Å²) in [6.45, 7) is 5.96. The van der Waals surface area contributed by atoms with E-state index in [1.807, 2.05) is 7.05 Å². The molecular weight excluding hydrogens is 204 g/mol. The summed E-state index contributed by atoms with van der Waals surface area (Å²) in [6, 6.07) is 0.542. The van der Waals surface area contributed by atoms with Crippen LogP contribution in [-0.4, -0.2) is 63.5 Å². The summed E-state index contributed by atoms with van der Waals surface area (Å²) in [4.78, 5) is 2.54. The zero-order chi connectivity index (χ0) is 11.2. The van der Waals surface area contributed by atoms with Gasteiger partial charge < -0.3 is 14.8 Å². The Morgan fingerprint density at radius 3 is 3.06 bits per heavy atom. The van der Waals surface area contributed by atoms with Gasteiger partial charge in [0, 0.05) is 32.3 Å². The molecule has 0 amide bonds. The molecule has 94 valence electrons. The predicted molar refractivity (Wildman–Crippen MR) is 63.7 cm³/mol. The normalized spacial score (nSPS) is 32.1. The van der Waals surface area contributed by atoms with E-state index in [2.05, 4.69) is 10.2 Å². The number of likely N-dealkylation sites (N-methyl/N-ethyl adjacent to an activating group) is 1.